The minimum atomic E-state index is -0.505. The minimum absolute atomic E-state index is 0.0944. The van der Waals surface area contributed by atoms with Gasteiger partial charge in [0.2, 0.25) is 5.91 Å². The molecule has 1 aliphatic carbocycles. The van der Waals surface area contributed by atoms with E-state index in [1.807, 2.05) is 6.07 Å². The first-order valence-electron chi connectivity index (χ1n) is 9.45. The van der Waals surface area contributed by atoms with E-state index in [-0.39, 0.29) is 23.2 Å². The van der Waals surface area contributed by atoms with Crippen LogP contribution in [0.15, 0.2) is 24.3 Å². The van der Waals surface area contributed by atoms with E-state index in [0.717, 1.165) is 29.7 Å². The Morgan fingerprint density at radius 2 is 1.75 bits per heavy atom. The molecule has 0 atom stereocenters. The van der Waals surface area contributed by atoms with Gasteiger partial charge in [-0.05, 0) is 46.4 Å². The van der Waals surface area contributed by atoms with Crippen LogP contribution < -0.4 is 11.1 Å². The zero-order valence-corrected chi connectivity index (χ0v) is 18.0. The van der Waals surface area contributed by atoms with Gasteiger partial charge in [-0.15, -0.1) is 11.3 Å². The van der Waals surface area contributed by atoms with Crippen molar-refractivity contribution in [3.8, 4) is 0 Å². The van der Waals surface area contributed by atoms with E-state index in [9.17, 15) is 9.59 Å². The van der Waals surface area contributed by atoms with Gasteiger partial charge >= 0.3 is 5.97 Å². The third-order valence-corrected chi connectivity index (χ3v) is 6.62. The average molecular weight is 401 g/mol. The number of hydrogen-bond acceptors (Lipinski definition) is 5. The van der Waals surface area contributed by atoms with Gasteiger partial charge in [-0.3, -0.25) is 4.79 Å². The smallest absolute Gasteiger partial charge is 0.350 e. The first-order chi connectivity index (χ1) is 13.0. The molecule has 1 amide bonds. The molecule has 0 bridgehead atoms. The van der Waals surface area contributed by atoms with Gasteiger partial charge in [0.1, 0.15) is 4.88 Å². The maximum absolute atomic E-state index is 12.6. The molecule has 5 nitrogen and oxygen atoms in total. The molecular formula is C22H28N2O3S. The number of ether oxygens (including phenoxy) is 1. The van der Waals surface area contributed by atoms with Gasteiger partial charge in [-0.2, -0.15) is 0 Å². The molecule has 3 N–H and O–H groups in total. The number of anilines is 2. The summed E-state index contributed by atoms with van der Waals surface area (Å²) in [6.07, 6.45) is 2.52. The number of benzene rings is 1. The van der Waals surface area contributed by atoms with Crippen LogP contribution in [-0.2, 0) is 26.8 Å². The van der Waals surface area contributed by atoms with Crippen molar-refractivity contribution < 1.29 is 14.3 Å². The Hall–Kier alpha value is -2.34. The summed E-state index contributed by atoms with van der Waals surface area (Å²) in [5.74, 6) is -0.689. The lowest BCUT2D eigenvalue weighted by molar-refractivity contribution is -0.115. The van der Waals surface area contributed by atoms with Crippen LogP contribution in [0.1, 0.15) is 66.9 Å². The summed E-state index contributed by atoms with van der Waals surface area (Å²) in [7, 11) is 1.31. The highest BCUT2D eigenvalue weighted by Gasteiger charge is 2.37. The molecule has 0 unspecified atom stereocenters. The van der Waals surface area contributed by atoms with E-state index in [0.29, 0.717) is 15.6 Å². The number of rotatable bonds is 4. The van der Waals surface area contributed by atoms with E-state index in [4.69, 9.17) is 10.5 Å². The molecule has 0 saturated heterocycles. The van der Waals surface area contributed by atoms with E-state index >= 15 is 0 Å². The van der Waals surface area contributed by atoms with Crippen LogP contribution in [0.3, 0.4) is 0 Å². The molecule has 150 valence electrons. The summed E-state index contributed by atoms with van der Waals surface area (Å²) in [6.45, 7) is 9.09. The predicted molar refractivity (Wildman–Crippen MR) is 114 cm³/mol. The molecule has 0 saturated carbocycles. The summed E-state index contributed by atoms with van der Waals surface area (Å²) in [5, 5.41) is 3.26. The molecule has 1 aliphatic rings. The molecule has 6 heteroatoms. The molecule has 28 heavy (non-hydrogen) atoms. The Morgan fingerprint density at radius 3 is 2.39 bits per heavy atom. The van der Waals surface area contributed by atoms with Crippen LogP contribution in [0.25, 0.3) is 0 Å². The molecule has 1 aromatic heterocycles. The molecule has 0 aliphatic heterocycles. The number of esters is 1. The number of amides is 1. The van der Waals surface area contributed by atoms with Crippen molar-refractivity contribution in [2.75, 3.05) is 18.2 Å². The normalized spacial score (nSPS) is 16.9. The van der Waals surface area contributed by atoms with Gasteiger partial charge < -0.3 is 15.8 Å². The van der Waals surface area contributed by atoms with Gasteiger partial charge in [-0.25, -0.2) is 4.79 Å². The number of nitrogen functional groups attached to an aromatic ring is 1. The lowest BCUT2D eigenvalue weighted by Gasteiger charge is -2.42. The molecule has 0 spiro atoms. The van der Waals surface area contributed by atoms with Crippen molar-refractivity contribution in [1.29, 1.82) is 0 Å². The number of nitrogens with two attached hydrogens (primary N) is 1. The molecule has 1 heterocycles. The minimum Gasteiger partial charge on any atom is -0.465 e. The van der Waals surface area contributed by atoms with E-state index < -0.39 is 5.97 Å². The quantitative estimate of drug-likeness (QED) is 0.732. The summed E-state index contributed by atoms with van der Waals surface area (Å²) in [5.41, 5.74) is 10.1. The lowest BCUT2D eigenvalue weighted by Crippen LogP contribution is -2.34. The van der Waals surface area contributed by atoms with Crippen molar-refractivity contribution in [3.63, 3.8) is 0 Å². The number of thiophene rings is 1. The van der Waals surface area contributed by atoms with Crippen molar-refractivity contribution in [1.82, 2.24) is 0 Å². The van der Waals surface area contributed by atoms with Gasteiger partial charge in [0.25, 0.3) is 0 Å². The molecule has 0 fully saturated rings. The highest BCUT2D eigenvalue weighted by atomic mass is 32.1. The molecular weight excluding hydrogens is 372 g/mol. The number of methoxy groups -OCH3 is 1. The Morgan fingerprint density at radius 1 is 1.11 bits per heavy atom. The van der Waals surface area contributed by atoms with Gasteiger partial charge in [0, 0.05) is 0 Å². The lowest BCUT2D eigenvalue weighted by atomic mass is 9.63. The second kappa shape index (κ2) is 7.24. The third kappa shape index (κ3) is 3.92. The number of carbonyl (C=O) groups is 2. The zero-order chi connectivity index (χ0) is 20.7. The van der Waals surface area contributed by atoms with Gasteiger partial charge in [0.05, 0.1) is 24.2 Å². The van der Waals surface area contributed by atoms with Crippen LogP contribution >= 0.6 is 11.3 Å². The van der Waals surface area contributed by atoms with Gasteiger partial charge in [-0.1, -0.05) is 45.9 Å². The molecule has 3 rings (SSSR count). The topological polar surface area (TPSA) is 81.4 Å². The third-order valence-electron chi connectivity index (χ3n) is 5.68. The van der Waals surface area contributed by atoms with E-state index in [2.05, 4.69) is 45.1 Å². The van der Waals surface area contributed by atoms with Crippen molar-refractivity contribution in [2.24, 2.45) is 0 Å². The fraction of sp³-hybridized carbons (Fsp3) is 0.455. The monoisotopic (exact) mass is 400 g/mol. The summed E-state index contributed by atoms with van der Waals surface area (Å²) in [6, 6.07) is 7.96. The molecule has 0 radical (unpaired) electrons. The summed E-state index contributed by atoms with van der Waals surface area (Å²) < 4.78 is 4.76. The van der Waals surface area contributed by atoms with Crippen LogP contribution in [0.2, 0.25) is 0 Å². The average Bonchev–Trinajstić information content (AvgIpc) is 2.98. The maximum atomic E-state index is 12.6. The number of hydrogen-bond donors (Lipinski definition) is 2. The van der Waals surface area contributed by atoms with Crippen molar-refractivity contribution in [2.45, 2.75) is 57.8 Å². The fourth-order valence-electron chi connectivity index (χ4n) is 3.87. The Kier molecular flexibility index (Phi) is 5.28. The summed E-state index contributed by atoms with van der Waals surface area (Å²) >= 11 is 1.10. The number of nitrogens with one attached hydrogen (secondary N) is 1. The fourth-order valence-corrected chi connectivity index (χ4v) is 4.67. The number of fused-ring (bicyclic) bond motifs is 1. The molecule has 1 aromatic carbocycles. The zero-order valence-electron chi connectivity index (χ0n) is 17.1. The second-order valence-electron chi connectivity index (χ2n) is 8.76. The summed E-state index contributed by atoms with van der Waals surface area (Å²) in [4.78, 5) is 24.8. The van der Waals surface area contributed by atoms with Gasteiger partial charge in [0.15, 0.2) is 0 Å². The first kappa shape index (κ1) is 20.4. The molecule has 2 aromatic rings. The predicted octanol–water partition coefficient (Wildman–Crippen LogP) is 4.65. The Bertz CT molecular complexity index is 928. The first-order valence-corrected chi connectivity index (χ1v) is 10.3. The van der Waals surface area contributed by atoms with E-state index in [1.54, 1.807) is 6.07 Å². The van der Waals surface area contributed by atoms with Crippen LogP contribution in [0.5, 0.6) is 0 Å². The van der Waals surface area contributed by atoms with Crippen molar-refractivity contribution in [3.05, 3.63) is 45.8 Å². The van der Waals surface area contributed by atoms with Crippen molar-refractivity contribution >= 4 is 33.9 Å². The Balaban J connectivity index is 1.82. The number of carbonyl (C=O) groups excluding carboxylic acids is 2. The highest BCUT2D eigenvalue weighted by Crippen LogP contribution is 2.45. The maximum Gasteiger partial charge on any atom is 0.350 e. The SMILES string of the molecule is COC(=O)c1sc(N)cc1NC(=O)Cc1ccc2c(c1)C(C)(C)CCC2(C)C. The van der Waals surface area contributed by atoms with Crippen LogP contribution in [0, 0.1) is 0 Å². The standard InChI is InChI=1S/C22H28N2O3S/c1-21(2)8-9-22(3,4)15-10-13(6-7-14(15)21)11-18(25)24-16-12-17(23)28-19(16)20(26)27-5/h6-7,10,12H,8-9,11,23H2,1-5H3,(H,24,25). The highest BCUT2D eigenvalue weighted by molar-refractivity contribution is 7.18. The van der Waals surface area contributed by atoms with Crippen LogP contribution in [-0.4, -0.2) is 19.0 Å². The van der Waals surface area contributed by atoms with Crippen LogP contribution in [0.4, 0.5) is 10.7 Å². The largest absolute Gasteiger partial charge is 0.465 e. The second-order valence-corrected chi connectivity index (χ2v) is 9.84. The van der Waals surface area contributed by atoms with E-state index in [1.165, 1.54) is 18.2 Å². The Labute approximate surface area is 170 Å².